The Bertz CT molecular complexity index is 492. The van der Waals surface area contributed by atoms with E-state index in [1.54, 1.807) is 0 Å². The van der Waals surface area contributed by atoms with Gasteiger partial charge in [0.15, 0.2) is 0 Å². The quantitative estimate of drug-likeness (QED) is 0.651. The van der Waals surface area contributed by atoms with E-state index >= 15 is 0 Å². The van der Waals surface area contributed by atoms with Crippen LogP contribution in [-0.4, -0.2) is 79.1 Å². The Morgan fingerprint density at radius 2 is 1.74 bits per heavy atom. The summed E-state index contributed by atoms with van der Waals surface area (Å²) >= 11 is 0. The molecule has 3 rings (SSSR count). The van der Waals surface area contributed by atoms with Gasteiger partial charge in [0, 0.05) is 19.1 Å². The molecule has 1 saturated carbocycles. The molecule has 3 N–H and O–H groups in total. The van der Waals surface area contributed by atoms with Crippen molar-refractivity contribution in [1.82, 2.24) is 15.5 Å². The van der Waals surface area contributed by atoms with E-state index < -0.39 is 6.10 Å². The first-order valence-electron chi connectivity index (χ1n) is 10.3. The third-order valence-electron chi connectivity index (χ3n) is 5.82. The molecule has 0 aromatic rings. The number of urea groups is 1. The van der Waals surface area contributed by atoms with Crippen LogP contribution in [0.15, 0.2) is 0 Å². The van der Waals surface area contributed by atoms with Crippen LogP contribution in [0.25, 0.3) is 0 Å². The number of morpholine rings is 1. The van der Waals surface area contributed by atoms with Gasteiger partial charge in [0.25, 0.3) is 0 Å². The fourth-order valence-corrected chi connectivity index (χ4v) is 4.23. The summed E-state index contributed by atoms with van der Waals surface area (Å²) in [5, 5.41) is 15.7. The van der Waals surface area contributed by atoms with Gasteiger partial charge in [-0.3, -0.25) is 4.79 Å². The predicted molar refractivity (Wildman–Crippen MR) is 99.3 cm³/mol. The smallest absolute Gasteiger partial charge is 0.315 e. The van der Waals surface area contributed by atoms with Gasteiger partial charge in [0.1, 0.15) is 6.10 Å². The van der Waals surface area contributed by atoms with Crippen molar-refractivity contribution in [1.29, 1.82) is 0 Å². The van der Waals surface area contributed by atoms with Crippen molar-refractivity contribution < 1.29 is 24.2 Å². The molecule has 0 unspecified atom stereocenters. The summed E-state index contributed by atoms with van der Waals surface area (Å²) in [7, 11) is 0. The Morgan fingerprint density at radius 3 is 2.44 bits per heavy atom. The number of nitrogens with zero attached hydrogens (tertiary/aromatic N) is 1. The number of aliphatic hydroxyl groups excluding tert-OH is 1. The van der Waals surface area contributed by atoms with Crippen LogP contribution in [0.2, 0.25) is 0 Å². The Morgan fingerprint density at radius 1 is 1.00 bits per heavy atom. The maximum atomic E-state index is 12.4. The van der Waals surface area contributed by atoms with Crippen LogP contribution in [0.4, 0.5) is 4.79 Å². The second kappa shape index (κ2) is 10.2. The topological polar surface area (TPSA) is 100 Å². The summed E-state index contributed by atoms with van der Waals surface area (Å²) < 4.78 is 11.2. The van der Waals surface area contributed by atoms with Crippen LogP contribution in [-0.2, 0) is 14.3 Å². The number of hydrogen-bond acceptors (Lipinski definition) is 5. The minimum Gasteiger partial charge on any atom is -0.394 e. The number of carbonyl (C=O) groups is 2. The lowest BCUT2D eigenvalue weighted by molar-refractivity contribution is -0.143. The predicted octanol–water partition coefficient (Wildman–Crippen LogP) is 0.776. The van der Waals surface area contributed by atoms with Crippen molar-refractivity contribution in [3.63, 3.8) is 0 Å². The molecule has 0 aromatic heterocycles. The third kappa shape index (κ3) is 6.05. The Hall–Kier alpha value is -1.38. The van der Waals surface area contributed by atoms with Crippen molar-refractivity contribution in [3.05, 3.63) is 0 Å². The molecular weight excluding hydrogens is 350 g/mol. The highest BCUT2D eigenvalue weighted by atomic mass is 16.5. The van der Waals surface area contributed by atoms with Gasteiger partial charge < -0.3 is 30.1 Å². The van der Waals surface area contributed by atoms with Gasteiger partial charge in [-0.1, -0.05) is 19.3 Å². The highest BCUT2D eigenvalue weighted by Gasteiger charge is 2.34. The molecule has 3 atom stereocenters. The summed E-state index contributed by atoms with van der Waals surface area (Å²) in [6.45, 7) is 2.24. The normalized spacial score (nSPS) is 30.0. The Balaban J connectivity index is 1.43. The minimum atomic E-state index is -0.474. The molecule has 3 fully saturated rings. The second-order valence-electron chi connectivity index (χ2n) is 7.81. The first-order valence-corrected chi connectivity index (χ1v) is 10.3. The summed E-state index contributed by atoms with van der Waals surface area (Å²) in [5.41, 5.74) is 0. The largest absolute Gasteiger partial charge is 0.394 e. The molecule has 2 heterocycles. The summed E-state index contributed by atoms with van der Waals surface area (Å²) in [4.78, 5) is 26.5. The van der Waals surface area contributed by atoms with Gasteiger partial charge in [-0.25, -0.2) is 4.79 Å². The molecular formula is C19H33N3O5. The molecule has 3 amide bonds. The van der Waals surface area contributed by atoms with Crippen LogP contribution >= 0.6 is 0 Å². The molecule has 0 bridgehead atoms. The molecule has 3 aliphatic rings. The van der Waals surface area contributed by atoms with Crippen molar-refractivity contribution in [3.8, 4) is 0 Å². The molecule has 0 spiro atoms. The van der Waals surface area contributed by atoms with E-state index in [0.29, 0.717) is 45.6 Å². The van der Waals surface area contributed by atoms with E-state index in [9.17, 15) is 14.7 Å². The Labute approximate surface area is 160 Å². The van der Waals surface area contributed by atoms with E-state index in [1.807, 2.05) is 4.90 Å². The third-order valence-corrected chi connectivity index (χ3v) is 5.82. The van der Waals surface area contributed by atoms with E-state index in [-0.39, 0.29) is 36.7 Å². The van der Waals surface area contributed by atoms with Crippen molar-refractivity contribution >= 4 is 11.9 Å². The molecule has 27 heavy (non-hydrogen) atoms. The number of carbonyl (C=O) groups excluding carboxylic acids is 2. The van der Waals surface area contributed by atoms with Crippen LogP contribution in [0.1, 0.15) is 51.4 Å². The number of rotatable bonds is 5. The number of ether oxygens (including phenoxy) is 2. The van der Waals surface area contributed by atoms with E-state index in [2.05, 4.69) is 10.6 Å². The highest BCUT2D eigenvalue weighted by Crippen LogP contribution is 2.23. The SMILES string of the molecule is O=C(NC1CCCCC1)N[C@@H]1CC[C@H](CC(=O)N2CCOCC2)O[C@@H]1CO. The fourth-order valence-electron chi connectivity index (χ4n) is 4.23. The number of hydrogen-bond donors (Lipinski definition) is 3. The highest BCUT2D eigenvalue weighted by molar-refractivity contribution is 5.77. The van der Waals surface area contributed by atoms with Crippen LogP contribution in [0.5, 0.6) is 0 Å². The van der Waals surface area contributed by atoms with E-state index in [1.165, 1.54) is 6.42 Å². The standard InChI is InChI=1S/C19H33N3O5/c23-13-17-16(21-19(25)20-14-4-2-1-3-5-14)7-6-15(27-17)12-18(24)22-8-10-26-11-9-22/h14-17,23H,1-13H2,(H2,20,21,25)/t15-,16-,17-/m1/s1. The zero-order chi connectivity index (χ0) is 19.1. The summed E-state index contributed by atoms with van der Waals surface area (Å²) in [5.74, 6) is 0.0708. The lowest BCUT2D eigenvalue weighted by Crippen LogP contribution is -2.55. The zero-order valence-corrected chi connectivity index (χ0v) is 16.0. The maximum absolute atomic E-state index is 12.4. The molecule has 2 aliphatic heterocycles. The van der Waals surface area contributed by atoms with Crippen LogP contribution < -0.4 is 10.6 Å². The van der Waals surface area contributed by atoms with Gasteiger partial charge in [-0.05, 0) is 25.7 Å². The lowest BCUT2D eigenvalue weighted by Gasteiger charge is -2.37. The Kier molecular flexibility index (Phi) is 7.72. The van der Waals surface area contributed by atoms with Crippen LogP contribution in [0.3, 0.4) is 0 Å². The van der Waals surface area contributed by atoms with Gasteiger partial charge in [0.2, 0.25) is 5.91 Å². The molecule has 154 valence electrons. The van der Waals surface area contributed by atoms with E-state index in [0.717, 1.165) is 25.7 Å². The molecule has 0 aromatic carbocycles. The van der Waals surface area contributed by atoms with E-state index in [4.69, 9.17) is 9.47 Å². The second-order valence-corrected chi connectivity index (χ2v) is 7.81. The summed E-state index contributed by atoms with van der Waals surface area (Å²) in [6.07, 6.45) is 6.66. The van der Waals surface area contributed by atoms with Gasteiger partial charge in [-0.15, -0.1) is 0 Å². The first-order chi connectivity index (χ1) is 13.2. The van der Waals surface area contributed by atoms with Gasteiger partial charge in [0.05, 0.1) is 38.4 Å². The maximum Gasteiger partial charge on any atom is 0.315 e. The number of nitrogens with one attached hydrogen (secondary N) is 2. The van der Waals surface area contributed by atoms with Gasteiger partial charge in [-0.2, -0.15) is 0 Å². The molecule has 8 nitrogen and oxygen atoms in total. The fraction of sp³-hybridized carbons (Fsp3) is 0.895. The average molecular weight is 383 g/mol. The monoisotopic (exact) mass is 383 g/mol. The molecule has 8 heteroatoms. The van der Waals surface area contributed by atoms with Crippen molar-refractivity contribution in [2.24, 2.45) is 0 Å². The zero-order valence-electron chi connectivity index (χ0n) is 16.0. The minimum absolute atomic E-state index is 0.0708. The molecule has 2 saturated heterocycles. The molecule has 0 radical (unpaired) electrons. The average Bonchev–Trinajstić information content (AvgIpc) is 2.70. The summed E-state index contributed by atoms with van der Waals surface area (Å²) in [6, 6.07) is -0.167. The molecule has 1 aliphatic carbocycles. The number of amides is 3. The van der Waals surface area contributed by atoms with Crippen molar-refractivity contribution in [2.45, 2.75) is 75.7 Å². The number of aliphatic hydroxyl groups is 1. The van der Waals surface area contributed by atoms with Crippen LogP contribution in [0, 0.1) is 0 Å². The van der Waals surface area contributed by atoms with Gasteiger partial charge >= 0.3 is 6.03 Å². The lowest BCUT2D eigenvalue weighted by atomic mass is 9.95. The first kappa shape index (κ1) is 20.4. The van der Waals surface area contributed by atoms with Crippen molar-refractivity contribution in [2.75, 3.05) is 32.9 Å².